The second-order valence-corrected chi connectivity index (χ2v) is 5.38. The summed E-state index contributed by atoms with van der Waals surface area (Å²) in [6.07, 6.45) is 4.65. The van der Waals surface area contributed by atoms with Crippen molar-refractivity contribution in [2.24, 2.45) is 5.92 Å². The van der Waals surface area contributed by atoms with E-state index in [9.17, 15) is 4.79 Å². The third-order valence-corrected chi connectivity index (χ3v) is 3.80. The van der Waals surface area contributed by atoms with Crippen molar-refractivity contribution in [3.05, 3.63) is 28.8 Å². The van der Waals surface area contributed by atoms with Crippen LogP contribution in [0.15, 0.2) is 18.2 Å². The highest BCUT2D eigenvalue weighted by Crippen LogP contribution is 2.24. The SMILES string of the molecule is CCCC[C@H](CC)CNC(=O)c1ccc(OC)c(Cl)c1. The van der Waals surface area contributed by atoms with E-state index in [4.69, 9.17) is 16.3 Å². The van der Waals surface area contributed by atoms with Crippen LogP contribution in [0.2, 0.25) is 5.02 Å². The number of nitrogens with one attached hydrogen (secondary N) is 1. The first-order valence-corrected chi connectivity index (χ1v) is 7.61. The van der Waals surface area contributed by atoms with E-state index in [-0.39, 0.29) is 5.91 Å². The van der Waals surface area contributed by atoms with Crippen LogP contribution in [0.3, 0.4) is 0 Å². The number of ether oxygens (including phenoxy) is 1. The lowest BCUT2D eigenvalue weighted by atomic mass is 9.99. The zero-order valence-corrected chi connectivity index (χ0v) is 13.3. The number of rotatable bonds is 8. The predicted octanol–water partition coefficient (Wildman–Crippen LogP) is 4.29. The summed E-state index contributed by atoms with van der Waals surface area (Å²) in [7, 11) is 1.56. The largest absolute Gasteiger partial charge is 0.495 e. The van der Waals surface area contributed by atoms with Crippen molar-refractivity contribution in [2.75, 3.05) is 13.7 Å². The van der Waals surface area contributed by atoms with Crippen LogP contribution >= 0.6 is 11.6 Å². The molecule has 0 bridgehead atoms. The van der Waals surface area contributed by atoms with E-state index in [1.165, 1.54) is 12.8 Å². The van der Waals surface area contributed by atoms with Gasteiger partial charge in [-0.2, -0.15) is 0 Å². The first-order chi connectivity index (χ1) is 9.62. The number of methoxy groups -OCH3 is 1. The molecular weight excluding hydrogens is 274 g/mol. The Morgan fingerprint density at radius 1 is 1.40 bits per heavy atom. The Hall–Kier alpha value is -1.22. The quantitative estimate of drug-likeness (QED) is 0.777. The van der Waals surface area contributed by atoms with E-state index >= 15 is 0 Å². The minimum atomic E-state index is -0.0792. The highest BCUT2D eigenvalue weighted by Gasteiger charge is 2.11. The number of unbranched alkanes of at least 4 members (excludes halogenated alkanes) is 1. The van der Waals surface area contributed by atoms with Crippen LogP contribution in [-0.4, -0.2) is 19.6 Å². The zero-order chi connectivity index (χ0) is 15.0. The summed E-state index contributed by atoms with van der Waals surface area (Å²) in [5.74, 6) is 1.05. The molecule has 1 amide bonds. The van der Waals surface area contributed by atoms with Gasteiger partial charge in [0.1, 0.15) is 5.75 Å². The van der Waals surface area contributed by atoms with Gasteiger partial charge in [-0.15, -0.1) is 0 Å². The molecule has 1 aromatic rings. The summed E-state index contributed by atoms with van der Waals surface area (Å²) < 4.78 is 5.08. The first kappa shape index (κ1) is 16.8. The highest BCUT2D eigenvalue weighted by atomic mass is 35.5. The summed E-state index contributed by atoms with van der Waals surface area (Å²) in [5, 5.41) is 3.44. The number of amides is 1. The molecule has 4 heteroatoms. The maximum Gasteiger partial charge on any atom is 0.251 e. The predicted molar refractivity (Wildman–Crippen MR) is 83.6 cm³/mol. The standard InChI is InChI=1S/C16H24ClNO2/c1-4-6-7-12(5-2)11-18-16(19)13-8-9-15(20-3)14(17)10-13/h8-10,12H,4-7,11H2,1-3H3,(H,18,19)/t12-/m0/s1. The monoisotopic (exact) mass is 297 g/mol. The number of hydrogen-bond donors (Lipinski definition) is 1. The van der Waals surface area contributed by atoms with Crippen molar-refractivity contribution in [1.29, 1.82) is 0 Å². The van der Waals surface area contributed by atoms with Crippen LogP contribution < -0.4 is 10.1 Å². The maximum absolute atomic E-state index is 12.1. The average Bonchev–Trinajstić information content (AvgIpc) is 2.47. The lowest BCUT2D eigenvalue weighted by Crippen LogP contribution is -2.29. The molecule has 0 aliphatic rings. The van der Waals surface area contributed by atoms with Crippen molar-refractivity contribution < 1.29 is 9.53 Å². The van der Waals surface area contributed by atoms with Gasteiger partial charge < -0.3 is 10.1 Å². The van der Waals surface area contributed by atoms with Crippen LogP contribution in [0.5, 0.6) is 5.75 Å². The van der Waals surface area contributed by atoms with Gasteiger partial charge in [-0.1, -0.05) is 44.7 Å². The number of halogens is 1. The zero-order valence-electron chi connectivity index (χ0n) is 12.5. The fourth-order valence-electron chi connectivity index (χ4n) is 2.09. The van der Waals surface area contributed by atoms with Gasteiger partial charge in [-0.05, 0) is 30.5 Å². The molecule has 0 heterocycles. The average molecular weight is 298 g/mol. The molecule has 0 unspecified atom stereocenters. The van der Waals surface area contributed by atoms with Gasteiger partial charge in [0.25, 0.3) is 5.91 Å². The minimum Gasteiger partial charge on any atom is -0.495 e. The van der Waals surface area contributed by atoms with Crippen LogP contribution in [0, 0.1) is 5.92 Å². The lowest BCUT2D eigenvalue weighted by Gasteiger charge is -2.15. The molecule has 0 fully saturated rings. The molecule has 1 rings (SSSR count). The third kappa shape index (κ3) is 5.04. The van der Waals surface area contributed by atoms with Crippen molar-refractivity contribution in [1.82, 2.24) is 5.32 Å². The van der Waals surface area contributed by atoms with E-state index in [1.54, 1.807) is 25.3 Å². The molecule has 1 atom stereocenters. The molecule has 1 aromatic carbocycles. The normalized spacial score (nSPS) is 12.0. The van der Waals surface area contributed by atoms with E-state index in [2.05, 4.69) is 19.2 Å². The molecule has 20 heavy (non-hydrogen) atoms. The maximum atomic E-state index is 12.1. The molecule has 0 saturated carbocycles. The molecule has 0 spiro atoms. The highest BCUT2D eigenvalue weighted by molar-refractivity contribution is 6.32. The Morgan fingerprint density at radius 2 is 2.15 bits per heavy atom. The fraction of sp³-hybridized carbons (Fsp3) is 0.562. The molecule has 1 N–H and O–H groups in total. The molecule has 0 aliphatic carbocycles. The van der Waals surface area contributed by atoms with Gasteiger partial charge in [-0.3, -0.25) is 4.79 Å². The van der Waals surface area contributed by atoms with Crippen molar-refractivity contribution in [2.45, 2.75) is 39.5 Å². The van der Waals surface area contributed by atoms with Gasteiger partial charge >= 0.3 is 0 Å². The van der Waals surface area contributed by atoms with Crippen LogP contribution in [0.25, 0.3) is 0 Å². The minimum absolute atomic E-state index is 0.0792. The summed E-state index contributed by atoms with van der Waals surface area (Å²) in [5.41, 5.74) is 0.571. The van der Waals surface area contributed by atoms with Gasteiger partial charge in [0, 0.05) is 12.1 Å². The van der Waals surface area contributed by atoms with Crippen molar-refractivity contribution >= 4 is 17.5 Å². The molecular formula is C16H24ClNO2. The summed E-state index contributed by atoms with van der Waals surface area (Å²) in [6.45, 7) is 5.07. The number of carbonyl (C=O) groups is 1. The van der Waals surface area contributed by atoms with E-state index in [1.807, 2.05) is 0 Å². The van der Waals surface area contributed by atoms with E-state index in [0.29, 0.717) is 22.3 Å². The summed E-state index contributed by atoms with van der Waals surface area (Å²) in [4.78, 5) is 12.1. The van der Waals surface area contributed by atoms with E-state index in [0.717, 1.165) is 19.4 Å². The van der Waals surface area contributed by atoms with Gasteiger partial charge in [0.15, 0.2) is 0 Å². The van der Waals surface area contributed by atoms with Gasteiger partial charge in [0.05, 0.1) is 12.1 Å². The first-order valence-electron chi connectivity index (χ1n) is 7.24. The molecule has 0 radical (unpaired) electrons. The van der Waals surface area contributed by atoms with Gasteiger partial charge in [0.2, 0.25) is 0 Å². The topological polar surface area (TPSA) is 38.3 Å². The second kappa shape index (κ2) is 8.85. The van der Waals surface area contributed by atoms with Crippen LogP contribution in [0.4, 0.5) is 0 Å². The summed E-state index contributed by atoms with van der Waals surface area (Å²) >= 11 is 6.03. The number of hydrogen-bond acceptors (Lipinski definition) is 2. The van der Waals surface area contributed by atoms with Crippen LogP contribution in [-0.2, 0) is 0 Å². The molecule has 0 aliphatic heterocycles. The van der Waals surface area contributed by atoms with E-state index < -0.39 is 0 Å². The van der Waals surface area contributed by atoms with Crippen molar-refractivity contribution in [3.63, 3.8) is 0 Å². The fourth-order valence-corrected chi connectivity index (χ4v) is 2.35. The molecule has 0 aromatic heterocycles. The Bertz CT molecular complexity index is 434. The molecule has 3 nitrogen and oxygen atoms in total. The Kier molecular flexibility index (Phi) is 7.45. The Morgan fingerprint density at radius 3 is 2.70 bits per heavy atom. The van der Waals surface area contributed by atoms with Gasteiger partial charge in [-0.25, -0.2) is 0 Å². The van der Waals surface area contributed by atoms with Crippen molar-refractivity contribution in [3.8, 4) is 5.75 Å². The Balaban J connectivity index is 2.55. The van der Waals surface area contributed by atoms with Crippen LogP contribution in [0.1, 0.15) is 49.9 Å². The molecule has 0 saturated heterocycles. The number of carbonyl (C=O) groups excluding carboxylic acids is 1. The number of benzene rings is 1. The smallest absolute Gasteiger partial charge is 0.251 e. The Labute approximate surface area is 126 Å². The summed E-state index contributed by atoms with van der Waals surface area (Å²) in [6, 6.07) is 5.08. The second-order valence-electron chi connectivity index (χ2n) is 4.98. The molecule has 112 valence electrons. The third-order valence-electron chi connectivity index (χ3n) is 3.51. The lowest BCUT2D eigenvalue weighted by molar-refractivity contribution is 0.0946.